The van der Waals surface area contributed by atoms with Crippen LogP contribution < -0.4 is 15.4 Å². The van der Waals surface area contributed by atoms with E-state index in [2.05, 4.69) is 30.0 Å². The van der Waals surface area contributed by atoms with Gasteiger partial charge in [-0.1, -0.05) is 11.3 Å². The number of fused-ring (bicyclic) bond motifs is 1. The van der Waals surface area contributed by atoms with Crippen molar-refractivity contribution in [2.75, 3.05) is 17.7 Å². The van der Waals surface area contributed by atoms with Crippen LogP contribution >= 0.6 is 22.9 Å². The van der Waals surface area contributed by atoms with E-state index in [1.165, 1.54) is 13.3 Å². The van der Waals surface area contributed by atoms with Crippen molar-refractivity contribution in [1.82, 2.24) is 19.3 Å². The summed E-state index contributed by atoms with van der Waals surface area (Å²) in [5.41, 5.74) is 0.0402. The molecule has 1 amide bonds. The number of anilines is 3. The molecule has 0 radical (unpaired) electrons. The van der Waals surface area contributed by atoms with Crippen LogP contribution in [0.5, 0.6) is 5.88 Å². The fourth-order valence-corrected chi connectivity index (χ4v) is 4.40. The second kappa shape index (κ2) is 8.07. The van der Waals surface area contributed by atoms with Crippen LogP contribution in [0.2, 0.25) is 0 Å². The number of carbonyl (C=O) groups excluding carboxylic acids is 1. The second-order valence-electron chi connectivity index (χ2n) is 6.17. The molecule has 4 heterocycles. The Morgan fingerprint density at radius 1 is 1.19 bits per heavy atom. The first-order valence-corrected chi connectivity index (χ1v) is 10.2. The third-order valence-electron chi connectivity index (χ3n) is 4.12. The Hall–Kier alpha value is -3.32. The summed E-state index contributed by atoms with van der Waals surface area (Å²) in [4.78, 5) is 24.9. The SMILES string of the molecule is COc1ccc(NC(=O)c2c(C)nsc2Nc2nc3c(C(F)(F)F)ccnc3s2)cn1. The van der Waals surface area contributed by atoms with Crippen molar-refractivity contribution in [1.29, 1.82) is 0 Å². The summed E-state index contributed by atoms with van der Waals surface area (Å²) in [6, 6.07) is 4.11. The number of hydrogen-bond acceptors (Lipinski definition) is 9. The quantitative estimate of drug-likeness (QED) is 0.432. The maximum Gasteiger partial charge on any atom is 0.418 e. The molecule has 8 nitrogen and oxygen atoms in total. The monoisotopic (exact) mass is 466 g/mol. The van der Waals surface area contributed by atoms with Crippen LogP contribution in [0.15, 0.2) is 30.6 Å². The van der Waals surface area contributed by atoms with Gasteiger partial charge in [-0.15, -0.1) is 0 Å². The summed E-state index contributed by atoms with van der Waals surface area (Å²) in [7, 11) is 1.48. The predicted octanol–water partition coefficient (Wildman–Crippen LogP) is 4.87. The van der Waals surface area contributed by atoms with E-state index in [0.29, 0.717) is 22.3 Å². The standard InChI is InChI=1S/C18H13F3N6O2S2/c1-8-12(14(28)24-9-3-4-11(29-2)23-7-9)15(31-27-8)26-17-25-13-10(18(19,20)21)5-6-22-16(13)30-17/h3-7H,1-2H3,(H,24,28)(H,25,26). The number of amides is 1. The van der Waals surface area contributed by atoms with Crippen molar-refractivity contribution in [2.45, 2.75) is 13.1 Å². The van der Waals surface area contributed by atoms with Gasteiger partial charge in [0.1, 0.15) is 15.3 Å². The fourth-order valence-electron chi connectivity index (χ4n) is 2.70. The lowest BCUT2D eigenvalue weighted by atomic mass is 10.2. The number of hydrogen-bond donors (Lipinski definition) is 2. The van der Waals surface area contributed by atoms with Gasteiger partial charge in [0.15, 0.2) is 5.13 Å². The summed E-state index contributed by atoms with van der Waals surface area (Å²) in [5, 5.41) is 6.14. The molecule has 4 rings (SSSR count). The van der Waals surface area contributed by atoms with Crippen molar-refractivity contribution >= 4 is 54.9 Å². The molecule has 0 aliphatic carbocycles. The molecular formula is C18H13F3N6O2S2. The number of nitrogens with one attached hydrogen (secondary N) is 2. The molecule has 0 spiro atoms. The molecular weight excluding hydrogens is 453 g/mol. The highest BCUT2D eigenvalue weighted by Gasteiger charge is 2.34. The maximum absolute atomic E-state index is 13.2. The van der Waals surface area contributed by atoms with E-state index in [1.807, 2.05) is 0 Å². The normalized spacial score (nSPS) is 11.5. The second-order valence-corrected chi connectivity index (χ2v) is 7.92. The van der Waals surface area contributed by atoms with Crippen LogP contribution in [-0.2, 0) is 6.18 Å². The van der Waals surface area contributed by atoms with E-state index in [1.54, 1.807) is 19.1 Å². The summed E-state index contributed by atoms with van der Waals surface area (Å²) < 4.78 is 48.8. The van der Waals surface area contributed by atoms with Gasteiger partial charge in [-0.2, -0.15) is 17.5 Å². The number of aromatic nitrogens is 4. The minimum Gasteiger partial charge on any atom is -0.481 e. The zero-order valence-electron chi connectivity index (χ0n) is 15.9. The molecule has 0 aromatic carbocycles. The van der Waals surface area contributed by atoms with Crippen LogP contribution in [0.4, 0.5) is 29.0 Å². The number of thiazole rings is 1. The van der Waals surface area contributed by atoms with Gasteiger partial charge < -0.3 is 15.4 Å². The molecule has 4 aromatic rings. The highest BCUT2D eigenvalue weighted by molar-refractivity contribution is 7.22. The number of halogens is 3. The molecule has 0 atom stereocenters. The first-order chi connectivity index (χ1) is 14.8. The smallest absolute Gasteiger partial charge is 0.418 e. The van der Waals surface area contributed by atoms with Gasteiger partial charge in [0.2, 0.25) is 5.88 Å². The number of pyridine rings is 2. The number of nitrogens with zero attached hydrogens (tertiary/aromatic N) is 4. The molecule has 13 heteroatoms. The average Bonchev–Trinajstić information content (AvgIpc) is 3.30. The number of alkyl halides is 3. The van der Waals surface area contributed by atoms with Crippen LogP contribution in [0.25, 0.3) is 10.3 Å². The number of ether oxygens (including phenoxy) is 1. The first-order valence-electron chi connectivity index (χ1n) is 8.63. The number of carbonyl (C=O) groups is 1. The molecule has 0 aliphatic heterocycles. The van der Waals surface area contributed by atoms with Gasteiger partial charge in [0, 0.05) is 12.3 Å². The van der Waals surface area contributed by atoms with Crippen molar-refractivity contribution in [3.8, 4) is 5.88 Å². The largest absolute Gasteiger partial charge is 0.481 e. The predicted molar refractivity (Wildman–Crippen MR) is 111 cm³/mol. The van der Waals surface area contributed by atoms with Crippen LogP contribution in [0, 0.1) is 6.92 Å². The van der Waals surface area contributed by atoms with Crippen molar-refractivity contribution in [3.63, 3.8) is 0 Å². The Balaban J connectivity index is 1.61. The Labute approximate surface area is 181 Å². The number of methoxy groups -OCH3 is 1. The summed E-state index contributed by atoms with van der Waals surface area (Å²) >= 11 is 1.95. The van der Waals surface area contributed by atoms with E-state index in [4.69, 9.17) is 4.74 Å². The Morgan fingerprint density at radius 3 is 2.68 bits per heavy atom. The number of aryl methyl sites for hydroxylation is 1. The lowest BCUT2D eigenvalue weighted by molar-refractivity contribution is -0.136. The van der Waals surface area contributed by atoms with Gasteiger partial charge in [-0.05, 0) is 30.6 Å². The summed E-state index contributed by atoms with van der Waals surface area (Å²) in [6.07, 6.45) is -2.02. The highest BCUT2D eigenvalue weighted by atomic mass is 32.1. The maximum atomic E-state index is 13.2. The molecule has 31 heavy (non-hydrogen) atoms. The minimum absolute atomic E-state index is 0.133. The molecule has 2 N–H and O–H groups in total. The Morgan fingerprint density at radius 2 is 2.00 bits per heavy atom. The average molecular weight is 466 g/mol. The van der Waals surface area contributed by atoms with Crippen LogP contribution in [0.3, 0.4) is 0 Å². The molecule has 0 saturated heterocycles. The molecule has 0 saturated carbocycles. The van der Waals surface area contributed by atoms with Gasteiger partial charge in [-0.3, -0.25) is 4.79 Å². The van der Waals surface area contributed by atoms with Crippen molar-refractivity contribution in [2.24, 2.45) is 0 Å². The zero-order chi connectivity index (χ0) is 22.2. The van der Waals surface area contributed by atoms with E-state index in [0.717, 1.165) is 35.1 Å². The molecule has 0 bridgehead atoms. The highest BCUT2D eigenvalue weighted by Crippen LogP contribution is 2.38. The van der Waals surface area contributed by atoms with Gasteiger partial charge in [0.25, 0.3) is 5.91 Å². The molecule has 0 unspecified atom stereocenters. The van der Waals surface area contributed by atoms with Crippen LogP contribution in [0.1, 0.15) is 21.6 Å². The van der Waals surface area contributed by atoms with Crippen molar-refractivity contribution in [3.05, 3.63) is 47.4 Å². The Kier molecular flexibility index (Phi) is 5.45. The lowest BCUT2D eigenvalue weighted by Gasteiger charge is -2.07. The third-order valence-corrected chi connectivity index (χ3v) is 5.85. The zero-order valence-corrected chi connectivity index (χ0v) is 17.6. The molecule has 0 aliphatic rings. The van der Waals surface area contributed by atoms with E-state index in [9.17, 15) is 18.0 Å². The molecule has 0 fully saturated rings. The van der Waals surface area contributed by atoms with Crippen molar-refractivity contribution < 1.29 is 22.7 Å². The third kappa shape index (κ3) is 4.27. The minimum atomic E-state index is -4.55. The van der Waals surface area contributed by atoms with E-state index in [-0.39, 0.29) is 21.0 Å². The molecule has 4 aromatic heterocycles. The van der Waals surface area contributed by atoms with Gasteiger partial charge >= 0.3 is 6.18 Å². The van der Waals surface area contributed by atoms with E-state index >= 15 is 0 Å². The van der Waals surface area contributed by atoms with E-state index < -0.39 is 17.6 Å². The summed E-state index contributed by atoms with van der Waals surface area (Å²) in [6.45, 7) is 1.66. The van der Waals surface area contributed by atoms with Gasteiger partial charge in [-0.25, -0.2) is 15.0 Å². The number of rotatable bonds is 5. The Bertz CT molecular complexity index is 1250. The van der Waals surface area contributed by atoms with Gasteiger partial charge in [0.05, 0.1) is 35.8 Å². The molecule has 160 valence electrons. The summed E-state index contributed by atoms with van der Waals surface area (Å²) in [5.74, 6) is -0.0488. The first kappa shape index (κ1) is 20.9. The lowest BCUT2D eigenvalue weighted by Crippen LogP contribution is -2.14. The fraction of sp³-hybridized carbons (Fsp3) is 0.167. The van der Waals surface area contributed by atoms with Crippen LogP contribution in [-0.4, -0.2) is 32.3 Å². The topological polar surface area (TPSA) is 102 Å².